The number of aromatic amines is 1. The first-order valence-electron chi connectivity index (χ1n) is 10.8. The second-order valence-corrected chi connectivity index (χ2v) is 9.48. The molecular formula is C23H28N6O2. The number of rotatable bonds is 2. The van der Waals surface area contributed by atoms with Crippen LogP contribution >= 0.6 is 0 Å². The molecule has 0 aromatic carbocycles. The quantitative estimate of drug-likeness (QED) is 0.676. The van der Waals surface area contributed by atoms with Crippen molar-refractivity contribution < 1.29 is 9.53 Å². The lowest BCUT2D eigenvalue weighted by Crippen LogP contribution is -2.56. The summed E-state index contributed by atoms with van der Waals surface area (Å²) in [6, 6.07) is 6.30. The van der Waals surface area contributed by atoms with E-state index in [1.165, 1.54) is 0 Å². The summed E-state index contributed by atoms with van der Waals surface area (Å²) < 4.78 is 5.67. The number of H-pyrrole nitrogens is 1. The summed E-state index contributed by atoms with van der Waals surface area (Å²) in [6.45, 7) is 9.26. The summed E-state index contributed by atoms with van der Waals surface area (Å²) in [5.41, 5.74) is 4.16. The number of nitrogens with zero attached hydrogens (tertiary/aromatic N) is 5. The summed E-state index contributed by atoms with van der Waals surface area (Å²) >= 11 is 0. The molecule has 2 unspecified atom stereocenters. The van der Waals surface area contributed by atoms with Gasteiger partial charge in [0.05, 0.1) is 17.8 Å². The minimum atomic E-state index is -0.484. The van der Waals surface area contributed by atoms with Crippen LogP contribution in [0.2, 0.25) is 0 Å². The second-order valence-electron chi connectivity index (χ2n) is 9.48. The van der Waals surface area contributed by atoms with Crippen LogP contribution in [0.4, 0.5) is 10.5 Å². The highest BCUT2D eigenvalue weighted by molar-refractivity contribution is 5.88. The first kappa shape index (κ1) is 19.8. The van der Waals surface area contributed by atoms with Gasteiger partial charge in [-0.2, -0.15) is 0 Å². The van der Waals surface area contributed by atoms with Gasteiger partial charge < -0.3 is 14.6 Å². The van der Waals surface area contributed by atoms with Crippen molar-refractivity contribution in [2.24, 2.45) is 0 Å². The molecule has 2 bridgehead atoms. The van der Waals surface area contributed by atoms with Crippen molar-refractivity contribution in [1.82, 2.24) is 24.8 Å². The summed E-state index contributed by atoms with van der Waals surface area (Å²) in [5, 5.41) is 0. The Morgan fingerprint density at radius 3 is 2.52 bits per heavy atom. The fourth-order valence-electron chi connectivity index (χ4n) is 4.70. The van der Waals surface area contributed by atoms with Crippen LogP contribution in [0.3, 0.4) is 0 Å². The monoisotopic (exact) mass is 420 g/mol. The Morgan fingerprint density at radius 2 is 1.84 bits per heavy atom. The van der Waals surface area contributed by atoms with Crippen LogP contribution in [-0.2, 0) is 4.74 Å². The zero-order valence-corrected chi connectivity index (χ0v) is 18.4. The van der Waals surface area contributed by atoms with Crippen molar-refractivity contribution >= 4 is 22.9 Å². The lowest BCUT2D eigenvalue weighted by Gasteiger charge is -2.42. The molecule has 31 heavy (non-hydrogen) atoms. The molecule has 2 saturated heterocycles. The van der Waals surface area contributed by atoms with Gasteiger partial charge in [-0.05, 0) is 58.7 Å². The Bertz CT molecular complexity index is 1120. The van der Waals surface area contributed by atoms with Gasteiger partial charge in [-0.3, -0.25) is 9.88 Å². The number of pyridine rings is 2. The number of piperazine rings is 1. The van der Waals surface area contributed by atoms with Gasteiger partial charge >= 0.3 is 6.09 Å². The third-order valence-corrected chi connectivity index (χ3v) is 5.97. The number of aryl methyl sites for hydroxylation is 1. The van der Waals surface area contributed by atoms with Gasteiger partial charge in [0.15, 0.2) is 5.65 Å². The zero-order valence-electron chi connectivity index (χ0n) is 18.4. The first-order valence-corrected chi connectivity index (χ1v) is 10.8. The van der Waals surface area contributed by atoms with E-state index in [1.54, 1.807) is 6.20 Å². The van der Waals surface area contributed by atoms with Crippen LogP contribution < -0.4 is 4.90 Å². The largest absolute Gasteiger partial charge is 0.444 e. The van der Waals surface area contributed by atoms with Crippen LogP contribution in [0.25, 0.3) is 22.6 Å². The summed E-state index contributed by atoms with van der Waals surface area (Å²) in [6.07, 6.45) is 5.40. The molecule has 1 amide bonds. The van der Waals surface area contributed by atoms with E-state index in [1.807, 2.05) is 57.0 Å². The number of carbonyl (C=O) groups is 1. The normalized spacial score (nSPS) is 21.0. The van der Waals surface area contributed by atoms with Crippen molar-refractivity contribution in [3.8, 4) is 11.4 Å². The standard InChI is InChI=1S/C23H28N6O2/c1-14-11-15(7-9-24-14)20-26-19-18(8-10-25-21(19)27-20)28-12-16-5-6-17(13-28)29(16)22(30)31-23(2,3)4/h7-11,16-17H,5-6,12-13H2,1-4H3,(H,25,26,27). The summed E-state index contributed by atoms with van der Waals surface area (Å²) in [4.78, 5) is 34.0. The van der Waals surface area contributed by atoms with E-state index in [0.29, 0.717) is 5.65 Å². The van der Waals surface area contributed by atoms with Crippen LogP contribution in [0.5, 0.6) is 0 Å². The predicted molar refractivity (Wildman–Crippen MR) is 119 cm³/mol. The molecule has 2 aliphatic rings. The van der Waals surface area contributed by atoms with Crippen molar-refractivity contribution in [3.05, 3.63) is 36.3 Å². The average Bonchev–Trinajstić information content (AvgIpc) is 3.25. The van der Waals surface area contributed by atoms with Gasteiger partial charge in [0.2, 0.25) is 0 Å². The van der Waals surface area contributed by atoms with E-state index in [0.717, 1.165) is 54.2 Å². The predicted octanol–water partition coefficient (Wildman–Crippen LogP) is 3.92. The first-order chi connectivity index (χ1) is 14.8. The Morgan fingerprint density at radius 1 is 1.13 bits per heavy atom. The van der Waals surface area contributed by atoms with Crippen molar-refractivity contribution in [1.29, 1.82) is 0 Å². The highest BCUT2D eigenvalue weighted by atomic mass is 16.6. The van der Waals surface area contributed by atoms with Crippen molar-refractivity contribution in [2.75, 3.05) is 18.0 Å². The topological polar surface area (TPSA) is 87.2 Å². The van der Waals surface area contributed by atoms with Crippen molar-refractivity contribution in [3.63, 3.8) is 0 Å². The number of carbonyl (C=O) groups excluding carboxylic acids is 1. The number of aromatic nitrogens is 4. The van der Waals surface area contributed by atoms with E-state index in [2.05, 4.69) is 19.9 Å². The van der Waals surface area contributed by atoms with E-state index < -0.39 is 5.60 Å². The SMILES string of the molecule is Cc1cc(-c2nc3nccc(N4CC5CCC(C4)N5C(=O)OC(C)(C)C)c3[nH]2)ccn1. The smallest absolute Gasteiger partial charge is 0.410 e. The lowest BCUT2D eigenvalue weighted by atomic mass is 10.1. The second kappa shape index (κ2) is 7.21. The molecule has 0 saturated carbocycles. The molecule has 2 atom stereocenters. The van der Waals surface area contributed by atoms with Crippen LogP contribution in [0.1, 0.15) is 39.3 Å². The molecular weight excluding hydrogens is 392 g/mol. The Hall–Kier alpha value is -3.16. The minimum Gasteiger partial charge on any atom is -0.444 e. The highest BCUT2D eigenvalue weighted by Gasteiger charge is 2.44. The maximum Gasteiger partial charge on any atom is 0.410 e. The molecule has 2 aliphatic heterocycles. The van der Waals surface area contributed by atoms with Gasteiger partial charge in [0, 0.05) is 36.7 Å². The van der Waals surface area contributed by atoms with Gasteiger partial charge in [-0.15, -0.1) is 0 Å². The van der Waals surface area contributed by atoms with E-state index in [9.17, 15) is 4.79 Å². The number of nitrogens with one attached hydrogen (secondary N) is 1. The van der Waals surface area contributed by atoms with E-state index in [4.69, 9.17) is 9.72 Å². The maximum absolute atomic E-state index is 12.8. The summed E-state index contributed by atoms with van der Waals surface area (Å²) in [5.74, 6) is 0.788. The lowest BCUT2D eigenvalue weighted by molar-refractivity contribution is 0.0123. The van der Waals surface area contributed by atoms with Gasteiger partial charge in [-0.25, -0.2) is 14.8 Å². The highest BCUT2D eigenvalue weighted by Crippen LogP contribution is 2.36. The zero-order chi connectivity index (χ0) is 21.8. The number of fused-ring (bicyclic) bond motifs is 3. The Kier molecular flexibility index (Phi) is 4.60. The fourth-order valence-corrected chi connectivity index (χ4v) is 4.70. The molecule has 8 heteroatoms. The number of anilines is 1. The Balaban J connectivity index is 1.43. The minimum absolute atomic E-state index is 0.155. The molecule has 5 rings (SSSR count). The maximum atomic E-state index is 12.8. The molecule has 8 nitrogen and oxygen atoms in total. The molecule has 3 aromatic heterocycles. The van der Waals surface area contributed by atoms with Crippen LogP contribution in [0.15, 0.2) is 30.6 Å². The number of hydrogen-bond donors (Lipinski definition) is 1. The molecule has 0 aliphatic carbocycles. The number of imidazole rings is 1. The molecule has 162 valence electrons. The molecule has 0 spiro atoms. The number of amides is 1. The molecule has 0 radical (unpaired) electrons. The fraction of sp³-hybridized carbons (Fsp3) is 0.478. The van der Waals surface area contributed by atoms with Gasteiger partial charge in [0.25, 0.3) is 0 Å². The Labute approximate surface area is 181 Å². The molecule has 3 aromatic rings. The van der Waals surface area contributed by atoms with Crippen LogP contribution in [-0.4, -0.2) is 61.7 Å². The van der Waals surface area contributed by atoms with Crippen LogP contribution in [0, 0.1) is 6.92 Å². The molecule has 5 heterocycles. The number of hydrogen-bond acceptors (Lipinski definition) is 6. The average molecular weight is 421 g/mol. The summed E-state index contributed by atoms with van der Waals surface area (Å²) in [7, 11) is 0. The van der Waals surface area contributed by atoms with E-state index in [-0.39, 0.29) is 18.2 Å². The van der Waals surface area contributed by atoms with E-state index >= 15 is 0 Å². The van der Waals surface area contributed by atoms with Gasteiger partial charge in [-0.1, -0.05) is 0 Å². The van der Waals surface area contributed by atoms with Gasteiger partial charge in [0.1, 0.15) is 16.9 Å². The molecule has 2 fully saturated rings. The molecule has 1 N–H and O–H groups in total. The van der Waals surface area contributed by atoms with Crippen molar-refractivity contribution in [2.45, 2.75) is 58.2 Å². The third kappa shape index (κ3) is 3.71. The third-order valence-electron chi connectivity index (χ3n) is 5.97. The number of ether oxygens (including phenoxy) is 1.